The molecule has 0 spiro atoms. The standard InChI is InChI=1S/C15H21SSi.2ClH.Ti/c1-15(2,12-8-6-7-9-12)14-13(10-11-16-14)17(3,4)5;;;/h6,8,10-11H,7H2,1-5H3;2*1H;/q-1;;;+3/p-2. The van der Waals surface area contributed by atoms with Crippen molar-refractivity contribution in [3.8, 4) is 0 Å². The fourth-order valence-corrected chi connectivity index (χ4v) is 6.07. The van der Waals surface area contributed by atoms with Crippen LogP contribution in [0, 0.1) is 6.08 Å². The Labute approximate surface area is 155 Å². The average Bonchev–Trinajstić information content (AvgIpc) is 2.89. The molecule has 0 N–H and O–H groups in total. The van der Waals surface area contributed by atoms with Crippen LogP contribution < -0.4 is 30.0 Å². The van der Waals surface area contributed by atoms with E-state index in [9.17, 15) is 0 Å². The van der Waals surface area contributed by atoms with Gasteiger partial charge >= 0.3 is 21.7 Å². The number of rotatable bonds is 3. The summed E-state index contributed by atoms with van der Waals surface area (Å²) in [6, 6.07) is 2.34. The minimum absolute atomic E-state index is 0. The van der Waals surface area contributed by atoms with Crippen LogP contribution in [0.15, 0.2) is 29.2 Å². The molecule has 1 heterocycles. The first-order valence-electron chi connectivity index (χ1n) is 6.20. The van der Waals surface area contributed by atoms with E-state index in [1.54, 1.807) is 10.1 Å². The molecule has 0 fully saturated rings. The van der Waals surface area contributed by atoms with Gasteiger partial charge in [-0.2, -0.15) is 6.08 Å². The van der Waals surface area contributed by atoms with Crippen LogP contribution in [0.25, 0.3) is 0 Å². The summed E-state index contributed by atoms with van der Waals surface area (Å²) in [6.45, 7) is 12.0. The third kappa shape index (κ3) is 4.59. The van der Waals surface area contributed by atoms with E-state index < -0.39 is 8.07 Å². The Hall–Kier alpha value is 0.691. The first-order chi connectivity index (χ1) is 7.83. The van der Waals surface area contributed by atoms with Gasteiger partial charge in [0.1, 0.15) is 0 Å². The van der Waals surface area contributed by atoms with Crippen LogP contribution in [0.3, 0.4) is 0 Å². The summed E-state index contributed by atoms with van der Waals surface area (Å²) in [5.74, 6) is 0. The second-order valence-electron chi connectivity index (χ2n) is 6.24. The van der Waals surface area contributed by atoms with Crippen LogP contribution >= 0.6 is 11.3 Å². The summed E-state index contributed by atoms with van der Waals surface area (Å²) < 4.78 is 0. The molecule has 1 radical (unpaired) electrons. The Morgan fingerprint density at radius 2 is 1.80 bits per heavy atom. The van der Waals surface area contributed by atoms with Crippen molar-refractivity contribution < 1.29 is 46.5 Å². The Balaban J connectivity index is 0. The average molecular weight is 380 g/mol. The van der Waals surface area contributed by atoms with Crippen molar-refractivity contribution in [1.29, 1.82) is 0 Å². The molecule has 0 bridgehead atoms. The fraction of sp³-hybridized carbons (Fsp3) is 0.467. The largest absolute Gasteiger partial charge is 3.00 e. The number of hydrogen-bond donors (Lipinski definition) is 0. The number of halogens is 2. The maximum atomic E-state index is 3.49. The summed E-state index contributed by atoms with van der Waals surface area (Å²) in [5, 5.41) is 3.87. The minimum atomic E-state index is -1.24. The van der Waals surface area contributed by atoms with Gasteiger partial charge in [0.05, 0.1) is 8.07 Å². The van der Waals surface area contributed by atoms with E-state index in [1.165, 1.54) is 5.57 Å². The second-order valence-corrected chi connectivity index (χ2v) is 12.2. The van der Waals surface area contributed by atoms with Gasteiger partial charge in [-0.15, -0.1) is 17.8 Å². The molecule has 1 aliphatic carbocycles. The van der Waals surface area contributed by atoms with Crippen LogP contribution in [-0.2, 0) is 27.1 Å². The number of allylic oxidation sites excluding steroid dienone is 4. The number of thiophene rings is 1. The predicted octanol–water partition coefficient (Wildman–Crippen LogP) is -1.73. The van der Waals surface area contributed by atoms with E-state index in [0.29, 0.717) is 0 Å². The normalized spacial score (nSPS) is 13.9. The van der Waals surface area contributed by atoms with Crippen LogP contribution in [0.1, 0.15) is 25.1 Å². The Bertz CT molecular complexity index is 484. The molecule has 0 aliphatic heterocycles. The fourth-order valence-electron chi connectivity index (χ4n) is 2.34. The van der Waals surface area contributed by atoms with E-state index in [0.717, 1.165) is 6.42 Å². The van der Waals surface area contributed by atoms with Gasteiger partial charge in [0.15, 0.2) is 0 Å². The molecule has 109 valence electrons. The van der Waals surface area contributed by atoms with E-state index >= 15 is 0 Å². The van der Waals surface area contributed by atoms with Gasteiger partial charge in [0, 0.05) is 4.88 Å². The molecule has 2 rings (SSSR count). The van der Waals surface area contributed by atoms with Gasteiger partial charge in [-0.25, -0.2) is 11.6 Å². The van der Waals surface area contributed by atoms with Crippen LogP contribution in [-0.4, -0.2) is 8.07 Å². The summed E-state index contributed by atoms with van der Waals surface area (Å²) >= 11 is 1.91. The molecule has 1 aliphatic rings. The molecule has 5 heteroatoms. The number of hydrogen-bond acceptors (Lipinski definition) is 1. The Morgan fingerprint density at radius 3 is 2.25 bits per heavy atom. The third-order valence-corrected chi connectivity index (χ3v) is 6.86. The molecule has 0 saturated carbocycles. The molecule has 0 saturated heterocycles. The van der Waals surface area contributed by atoms with Gasteiger partial charge in [-0.05, 0) is 16.0 Å². The monoisotopic (exact) mass is 379 g/mol. The van der Waals surface area contributed by atoms with Crippen LogP contribution in [0.2, 0.25) is 19.6 Å². The van der Waals surface area contributed by atoms with E-state index in [-0.39, 0.29) is 51.9 Å². The molecular formula is C15H21Cl2SSiTi. The summed E-state index contributed by atoms with van der Waals surface area (Å²) in [7, 11) is -1.24. The maximum Gasteiger partial charge on any atom is 3.00 e. The molecule has 0 aromatic carbocycles. The van der Waals surface area contributed by atoms with E-state index in [2.05, 4.69) is 63.2 Å². The van der Waals surface area contributed by atoms with Crippen LogP contribution in [0.5, 0.6) is 0 Å². The van der Waals surface area contributed by atoms with E-state index in [1.807, 2.05) is 11.3 Å². The van der Waals surface area contributed by atoms with Crippen molar-refractivity contribution in [2.24, 2.45) is 0 Å². The molecular weight excluding hydrogens is 359 g/mol. The summed E-state index contributed by atoms with van der Waals surface area (Å²) in [6.07, 6.45) is 8.92. The molecule has 1 aromatic rings. The molecule has 20 heavy (non-hydrogen) atoms. The maximum absolute atomic E-state index is 3.49. The SMILES string of the molecule is CC(C)(C1=[C-]CC=C1)c1sccc1[Si](C)(C)C.[Cl-].[Cl-].[Ti+3]. The molecule has 0 amide bonds. The predicted molar refractivity (Wildman–Crippen MR) is 80.8 cm³/mol. The van der Waals surface area contributed by atoms with Crippen LogP contribution in [0.4, 0.5) is 0 Å². The molecule has 1 aromatic heterocycles. The van der Waals surface area contributed by atoms with Gasteiger partial charge in [0.25, 0.3) is 0 Å². The van der Waals surface area contributed by atoms with Gasteiger partial charge in [0.2, 0.25) is 0 Å². The van der Waals surface area contributed by atoms with Crippen molar-refractivity contribution in [2.75, 3.05) is 0 Å². The summed E-state index contributed by atoms with van der Waals surface area (Å²) in [4.78, 5) is 1.55. The first-order valence-corrected chi connectivity index (χ1v) is 10.6. The Kier molecular flexibility index (Phi) is 9.60. The molecule has 0 nitrogen and oxygen atoms in total. The van der Waals surface area contributed by atoms with Gasteiger partial charge < -0.3 is 24.8 Å². The Morgan fingerprint density at radius 1 is 1.20 bits per heavy atom. The minimum Gasteiger partial charge on any atom is -1.00 e. The topological polar surface area (TPSA) is 0 Å². The molecule has 0 unspecified atom stereocenters. The summed E-state index contributed by atoms with van der Waals surface area (Å²) in [5.41, 5.74) is 1.48. The third-order valence-electron chi connectivity index (χ3n) is 3.41. The van der Waals surface area contributed by atoms with Gasteiger partial charge in [-0.1, -0.05) is 39.6 Å². The zero-order valence-corrected chi connectivity index (χ0v) is 17.6. The van der Waals surface area contributed by atoms with Crippen molar-refractivity contribution in [2.45, 2.75) is 45.3 Å². The van der Waals surface area contributed by atoms with Crippen molar-refractivity contribution in [3.05, 3.63) is 40.1 Å². The van der Waals surface area contributed by atoms with Gasteiger partial charge in [-0.3, -0.25) is 6.08 Å². The van der Waals surface area contributed by atoms with Crippen molar-refractivity contribution >= 4 is 24.6 Å². The zero-order chi connectivity index (χ0) is 12.7. The smallest absolute Gasteiger partial charge is 1.00 e. The second kappa shape index (κ2) is 8.36. The quantitative estimate of drug-likeness (QED) is 0.432. The zero-order valence-electron chi connectivity index (χ0n) is 12.7. The first kappa shape index (κ1) is 23.0. The van der Waals surface area contributed by atoms with Crippen molar-refractivity contribution in [3.63, 3.8) is 0 Å². The molecule has 0 atom stereocenters. The van der Waals surface area contributed by atoms with Crippen molar-refractivity contribution in [1.82, 2.24) is 0 Å². The van der Waals surface area contributed by atoms with E-state index in [4.69, 9.17) is 0 Å².